The minimum Gasteiger partial charge on any atom is -0.507 e. The summed E-state index contributed by atoms with van der Waals surface area (Å²) in [6, 6.07) is 8.97. The quantitative estimate of drug-likeness (QED) is 0.0590. The molecule has 2 aromatic rings. The van der Waals surface area contributed by atoms with Crippen LogP contribution in [-0.2, 0) is 14.3 Å². The molecule has 0 saturated heterocycles. The normalized spacial score (nSPS) is 13.6. The molecular formula is C27H36N4O8. The summed E-state index contributed by atoms with van der Waals surface area (Å²) >= 11 is 0. The summed E-state index contributed by atoms with van der Waals surface area (Å²) in [7, 11) is 0. The lowest BCUT2D eigenvalue weighted by molar-refractivity contribution is -0.140. The van der Waals surface area contributed by atoms with Gasteiger partial charge in [0, 0.05) is 6.42 Å². The van der Waals surface area contributed by atoms with E-state index in [9.17, 15) is 29.7 Å². The first kappa shape index (κ1) is 31.5. The highest BCUT2D eigenvalue weighted by Gasteiger charge is 2.20. The molecule has 0 aliphatic carbocycles. The van der Waals surface area contributed by atoms with E-state index in [0.717, 1.165) is 25.7 Å². The number of nitrogens with two attached hydrogens (primary N) is 1. The number of nitrogens with zero attached hydrogens (tertiary/aromatic N) is 2. The Labute approximate surface area is 226 Å². The second-order valence-electron chi connectivity index (χ2n) is 9.03. The Morgan fingerprint density at radius 2 is 1.59 bits per heavy atom. The molecule has 0 spiro atoms. The Kier molecular flexibility index (Phi) is 13.2. The maximum atomic E-state index is 12.3. The van der Waals surface area contributed by atoms with E-state index < -0.39 is 48.6 Å². The Morgan fingerprint density at radius 1 is 0.949 bits per heavy atom. The lowest BCUT2D eigenvalue weighted by Crippen LogP contribution is -2.32. The van der Waals surface area contributed by atoms with Gasteiger partial charge in [-0.05, 0) is 55.2 Å². The van der Waals surface area contributed by atoms with Crippen molar-refractivity contribution in [2.45, 2.75) is 76.8 Å². The fourth-order valence-corrected chi connectivity index (χ4v) is 3.50. The predicted octanol–water partition coefficient (Wildman–Crippen LogP) is 3.94. The van der Waals surface area contributed by atoms with Gasteiger partial charge in [0.1, 0.15) is 29.8 Å². The molecule has 12 nitrogen and oxygen atoms in total. The van der Waals surface area contributed by atoms with Crippen molar-refractivity contribution >= 4 is 29.3 Å². The number of phenolic OH excluding ortho intramolecular Hbond substituents is 1. The maximum absolute atomic E-state index is 12.3. The number of ether oxygens (including phenoxy) is 1. The van der Waals surface area contributed by atoms with Crippen LogP contribution in [-0.4, -0.2) is 50.6 Å². The number of benzene rings is 2. The van der Waals surface area contributed by atoms with Crippen molar-refractivity contribution in [3.8, 4) is 5.75 Å². The van der Waals surface area contributed by atoms with Crippen molar-refractivity contribution in [3.63, 3.8) is 0 Å². The summed E-state index contributed by atoms with van der Waals surface area (Å²) in [5.74, 6) is -3.84. The Balaban J connectivity index is 1.92. The first-order valence-corrected chi connectivity index (χ1v) is 12.8. The van der Waals surface area contributed by atoms with Gasteiger partial charge in [0.2, 0.25) is 0 Å². The number of nitrogens with one attached hydrogen (secondary N) is 1. The number of esters is 2. The molecule has 0 fully saturated rings. The monoisotopic (exact) mass is 544 g/mol. The van der Waals surface area contributed by atoms with Crippen LogP contribution in [0.2, 0.25) is 0 Å². The smallest absolute Gasteiger partial charge is 0.349 e. The molecule has 2 aromatic carbocycles. The standard InChI is InChI=1S/C27H36N4O8/c1-2-3-4-5-6-7-23(33)29-25(35)17-8-10-18(11-9-17)30-31-19-12-14-22(32)20(16-19)27(38)39-24(34)15-13-21(28)26(36)37/h8-12,14,16,21,23,25,29,32-33,35H,2-7,13,15,28H2,1H3,(H,36,37). The zero-order valence-corrected chi connectivity index (χ0v) is 21.8. The van der Waals surface area contributed by atoms with Gasteiger partial charge in [0.05, 0.1) is 11.4 Å². The van der Waals surface area contributed by atoms with E-state index in [1.807, 2.05) is 0 Å². The summed E-state index contributed by atoms with van der Waals surface area (Å²) in [6.07, 6.45) is 3.41. The van der Waals surface area contributed by atoms with Crippen molar-refractivity contribution in [1.29, 1.82) is 0 Å². The van der Waals surface area contributed by atoms with Crippen LogP contribution in [0.4, 0.5) is 11.4 Å². The largest absolute Gasteiger partial charge is 0.507 e. The third kappa shape index (κ3) is 11.3. The molecule has 0 saturated carbocycles. The van der Waals surface area contributed by atoms with Crippen LogP contribution in [0.15, 0.2) is 52.7 Å². The highest BCUT2D eigenvalue weighted by Crippen LogP contribution is 2.26. The van der Waals surface area contributed by atoms with Crippen molar-refractivity contribution in [2.24, 2.45) is 16.0 Å². The number of carboxylic acid groups (broad SMARTS) is 1. The van der Waals surface area contributed by atoms with Crippen LogP contribution >= 0.6 is 0 Å². The molecule has 0 radical (unpaired) electrons. The van der Waals surface area contributed by atoms with Gasteiger partial charge >= 0.3 is 17.9 Å². The van der Waals surface area contributed by atoms with Gasteiger partial charge in [-0.2, -0.15) is 10.2 Å². The predicted molar refractivity (Wildman–Crippen MR) is 141 cm³/mol. The van der Waals surface area contributed by atoms with Crippen molar-refractivity contribution < 1.29 is 39.5 Å². The Morgan fingerprint density at radius 3 is 2.26 bits per heavy atom. The lowest BCUT2D eigenvalue weighted by Gasteiger charge is -2.18. The summed E-state index contributed by atoms with van der Waals surface area (Å²) < 4.78 is 4.66. The van der Waals surface area contributed by atoms with Crippen LogP contribution in [0.5, 0.6) is 5.75 Å². The maximum Gasteiger partial charge on any atom is 0.349 e. The van der Waals surface area contributed by atoms with Gasteiger partial charge in [-0.1, -0.05) is 44.7 Å². The van der Waals surface area contributed by atoms with Crippen LogP contribution < -0.4 is 11.1 Å². The van der Waals surface area contributed by atoms with E-state index >= 15 is 0 Å². The lowest BCUT2D eigenvalue weighted by atomic mass is 10.1. The number of hydrogen-bond acceptors (Lipinski definition) is 11. The van der Waals surface area contributed by atoms with Crippen molar-refractivity contribution in [2.75, 3.05) is 0 Å². The van der Waals surface area contributed by atoms with Crippen LogP contribution in [0, 0.1) is 0 Å². The second-order valence-corrected chi connectivity index (χ2v) is 9.03. The molecule has 0 amide bonds. The number of carbonyl (C=O) groups excluding carboxylic acids is 2. The minimum absolute atomic E-state index is 0.188. The van der Waals surface area contributed by atoms with Gasteiger partial charge in [0.25, 0.3) is 0 Å². The van der Waals surface area contributed by atoms with Crippen LogP contribution in [0.3, 0.4) is 0 Å². The number of carboxylic acids is 1. The molecule has 12 heteroatoms. The zero-order valence-electron chi connectivity index (χ0n) is 21.8. The van der Waals surface area contributed by atoms with E-state index in [2.05, 4.69) is 27.2 Å². The van der Waals surface area contributed by atoms with Gasteiger partial charge in [-0.3, -0.25) is 14.9 Å². The minimum atomic E-state index is -1.28. The number of phenols is 1. The van der Waals surface area contributed by atoms with Crippen molar-refractivity contribution in [1.82, 2.24) is 5.32 Å². The first-order chi connectivity index (χ1) is 18.6. The number of azo groups is 1. The van der Waals surface area contributed by atoms with Gasteiger partial charge in [-0.25, -0.2) is 4.79 Å². The summed E-state index contributed by atoms with van der Waals surface area (Å²) in [6.45, 7) is 2.14. The molecule has 0 heterocycles. The average Bonchev–Trinajstić information content (AvgIpc) is 2.91. The summed E-state index contributed by atoms with van der Waals surface area (Å²) in [4.78, 5) is 34.8. The molecular weight excluding hydrogens is 508 g/mol. The number of aromatic hydroxyl groups is 1. The topological polar surface area (TPSA) is 204 Å². The van der Waals surface area contributed by atoms with Crippen molar-refractivity contribution in [3.05, 3.63) is 53.6 Å². The average molecular weight is 545 g/mol. The number of rotatable bonds is 16. The number of aliphatic carboxylic acids is 1. The zero-order chi connectivity index (χ0) is 28.8. The Bertz CT molecular complexity index is 1120. The molecule has 3 unspecified atom stereocenters. The highest BCUT2D eigenvalue weighted by molar-refractivity contribution is 5.99. The molecule has 2 rings (SSSR count). The first-order valence-electron chi connectivity index (χ1n) is 12.8. The summed E-state index contributed by atoms with van der Waals surface area (Å²) in [5, 5.41) is 50.0. The molecule has 3 atom stereocenters. The van der Waals surface area contributed by atoms with E-state index in [0.29, 0.717) is 17.7 Å². The van der Waals surface area contributed by atoms with Crippen LogP contribution in [0.1, 0.15) is 80.4 Å². The fourth-order valence-electron chi connectivity index (χ4n) is 3.50. The third-order valence-corrected chi connectivity index (χ3v) is 5.80. The number of aliphatic hydroxyl groups is 2. The van der Waals surface area contributed by atoms with E-state index in [1.165, 1.54) is 24.6 Å². The number of aliphatic hydroxyl groups excluding tert-OH is 2. The van der Waals surface area contributed by atoms with Gasteiger partial charge < -0.3 is 30.9 Å². The highest BCUT2D eigenvalue weighted by atomic mass is 16.6. The number of hydrogen-bond donors (Lipinski definition) is 6. The van der Waals surface area contributed by atoms with E-state index in [-0.39, 0.29) is 17.7 Å². The molecule has 7 N–H and O–H groups in total. The molecule has 0 bridgehead atoms. The molecule has 0 aromatic heterocycles. The molecule has 39 heavy (non-hydrogen) atoms. The molecule has 212 valence electrons. The number of unbranched alkanes of at least 4 members (excludes halogenated alkanes) is 4. The van der Waals surface area contributed by atoms with Gasteiger partial charge in [-0.15, -0.1) is 0 Å². The summed E-state index contributed by atoms with van der Waals surface area (Å²) in [5.41, 5.74) is 6.15. The SMILES string of the molecule is CCCCCCCC(O)NC(O)c1ccc(N=Nc2ccc(O)c(C(=O)OC(=O)CCC(N)C(=O)O)c2)cc1. The third-order valence-electron chi connectivity index (χ3n) is 5.80. The molecule has 0 aliphatic heterocycles. The van der Waals surface area contributed by atoms with Gasteiger partial charge in [0.15, 0.2) is 0 Å². The number of carbonyl (C=O) groups is 3. The van der Waals surface area contributed by atoms with E-state index in [1.54, 1.807) is 24.3 Å². The second kappa shape index (κ2) is 16.3. The van der Waals surface area contributed by atoms with Crippen LogP contribution in [0.25, 0.3) is 0 Å². The molecule has 0 aliphatic rings. The Hall–Kier alpha value is -3.71. The van der Waals surface area contributed by atoms with E-state index in [4.69, 9.17) is 10.8 Å². The fraction of sp³-hybridized carbons (Fsp3) is 0.444.